The number of carbonyl (C=O) groups is 1. The zero-order valence-electron chi connectivity index (χ0n) is 15.6. The molecule has 2 aliphatic rings. The Bertz CT molecular complexity index is 584. The van der Waals surface area contributed by atoms with Crippen LogP contribution in [0.1, 0.15) is 58.2 Å². The normalized spacial score (nSPS) is 27.0. The summed E-state index contributed by atoms with van der Waals surface area (Å²) in [4.78, 5) is 16.9. The van der Waals surface area contributed by atoms with E-state index in [9.17, 15) is 4.79 Å². The molecule has 5 heteroatoms. The molecule has 2 fully saturated rings. The Balaban J connectivity index is 1.66. The molecule has 1 saturated heterocycles. The van der Waals surface area contributed by atoms with Crippen LogP contribution in [0.4, 0.5) is 5.82 Å². The molecule has 1 aromatic heterocycles. The molecule has 2 heterocycles. The van der Waals surface area contributed by atoms with E-state index in [1.54, 1.807) is 0 Å². The molecule has 1 atom stereocenters. The minimum atomic E-state index is 0.106. The van der Waals surface area contributed by atoms with Crippen molar-refractivity contribution < 1.29 is 4.79 Å². The van der Waals surface area contributed by atoms with Gasteiger partial charge in [-0.3, -0.25) is 4.79 Å². The summed E-state index contributed by atoms with van der Waals surface area (Å²) in [7, 11) is 3.91. The third-order valence-corrected chi connectivity index (χ3v) is 5.72. The third-order valence-electron chi connectivity index (χ3n) is 5.72. The predicted octanol–water partition coefficient (Wildman–Crippen LogP) is 3.28. The molecule has 1 saturated carbocycles. The number of rotatable bonds is 3. The molecule has 0 N–H and O–H groups in total. The van der Waals surface area contributed by atoms with E-state index in [2.05, 4.69) is 35.9 Å². The Hall–Kier alpha value is -1.65. The van der Waals surface area contributed by atoms with E-state index in [0.717, 1.165) is 43.7 Å². The molecule has 1 amide bonds. The maximum atomic E-state index is 12.9. The number of hydrogen-bond acceptors (Lipinski definition) is 4. The van der Waals surface area contributed by atoms with Gasteiger partial charge in [-0.1, -0.05) is 20.8 Å². The molecule has 1 unspecified atom stereocenters. The molecule has 132 valence electrons. The second kappa shape index (κ2) is 6.34. The standard InChI is InChI=1S/C19H30N4O/c1-19(2,3)14-11-13(12-14)18(24)23-10-6-7-16(23)15-8-9-17(21-20-15)22(4)5/h8-9,13-14,16H,6-7,10-12H2,1-5H3. The van der Waals surface area contributed by atoms with Crippen molar-refractivity contribution in [2.45, 2.75) is 52.5 Å². The molecule has 1 aliphatic carbocycles. The van der Waals surface area contributed by atoms with Gasteiger partial charge in [-0.15, -0.1) is 5.10 Å². The summed E-state index contributed by atoms with van der Waals surface area (Å²) >= 11 is 0. The van der Waals surface area contributed by atoms with E-state index in [1.807, 2.05) is 31.1 Å². The first-order chi connectivity index (χ1) is 11.3. The molecular weight excluding hydrogens is 300 g/mol. The summed E-state index contributed by atoms with van der Waals surface area (Å²) in [5.41, 5.74) is 1.24. The predicted molar refractivity (Wildman–Crippen MR) is 95.7 cm³/mol. The molecule has 24 heavy (non-hydrogen) atoms. The molecule has 1 aliphatic heterocycles. The lowest BCUT2D eigenvalue weighted by Crippen LogP contribution is -2.44. The minimum absolute atomic E-state index is 0.106. The van der Waals surface area contributed by atoms with E-state index in [4.69, 9.17) is 0 Å². The van der Waals surface area contributed by atoms with Crippen LogP contribution >= 0.6 is 0 Å². The highest BCUT2D eigenvalue weighted by Crippen LogP contribution is 2.47. The van der Waals surface area contributed by atoms with E-state index >= 15 is 0 Å². The second-order valence-electron chi connectivity index (χ2n) is 8.63. The summed E-state index contributed by atoms with van der Waals surface area (Å²) in [6.07, 6.45) is 4.13. The van der Waals surface area contributed by atoms with Crippen LogP contribution in [0, 0.1) is 17.3 Å². The third kappa shape index (κ3) is 3.26. The first kappa shape index (κ1) is 17.2. The Morgan fingerprint density at radius 1 is 1.21 bits per heavy atom. The average Bonchev–Trinajstić information content (AvgIpc) is 2.93. The number of nitrogens with zero attached hydrogens (tertiary/aromatic N) is 4. The molecule has 0 bridgehead atoms. The largest absolute Gasteiger partial charge is 0.361 e. The van der Waals surface area contributed by atoms with Crippen molar-refractivity contribution in [3.63, 3.8) is 0 Å². The van der Waals surface area contributed by atoms with Crippen LogP contribution in [0.15, 0.2) is 12.1 Å². The Morgan fingerprint density at radius 3 is 2.46 bits per heavy atom. The van der Waals surface area contributed by atoms with Crippen LogP contribution in [-0.4, -0.2) is 41.6 Å². The van der Waals surface area contributed by atoms with Crippen LogP contribution in [0.3, 0.4) is 0 Å². The van der Waals surface area contributed by atoms with Gasteiger partial charge in [0.05, 0.1) is 11.7 Å². The number of carbonyl (C=O) groups excluding carboxylic acids is 1. The van der Waals surface area contributed by atoms with Crippen molar-refractivity contribution in [1.82, 2.24) is 15.1 Å². The summed E-state index contributed by atoms with van der Waals surface area (Å²) < 4.78 is 0. The molecule has 5 nitrogen and oxygen atoms in total. The monoisotopic (exact) mass is 330 g/mol. The summed E-state index contributed by atoms with van der Waals surface area (Å²) in [5, 5.41) is 8.66. The maximum Gasteiger partial charge on any atom is 0.226 e. The van der Waals surface area contributed by atoms with Crippen molar-refractivity contribution in [3.05, 3.63) is 17.8 Å². The van der Waals surface area contributed by atoms with Gasteiger partial charge in [-0.05, 0) is 49.1 Å². The smallest absolute Gasteiger partial charge is 0.226 e. The first-order valence-corrected chi connectivity index (χ1v) is 9.09. The average molecular weight is 330 g/mol. The van der Waals surface area contributed by atoms with E-state index in [0.29, 0.717) is 17.2 Å². The Labute approximate surface area is 145 Å². The van der Waals surface area contributed by atoms with Gasteiger partial charge in [0.1, 0.15) is 0 Å². The molecule has 3 rings (SSSR count). The van der Waals surface area contributed by atoms with Gasteiger partial charge in [-0.25, -0.2) is 0 Å². The van der Waals surface area contributed by atoms with Crippen molar-refractivity contribution in [1.29, 1.82) is 0 Å². The summed E-state index contributed by atoms with van der Waals surface area (Å²) in [6.45, 7) is 7.69. The van der Waals surface area contributed by atoms with Gasteiger partial charge in [0.15, 0.2) is 5.82 Å². The molecule has 0 radical (unpaired) electrons. The molecule has 0 aromatic carbocycles. The SMILES string of the molecule is CN(C)c1ccc(C2CCCN2C(=O)C2CC(C(C)(C)C)C2)nn1. The Morgan fingerprint density at radius 2 is 1.92 bits per heavy atom. The zero-order valence-corrected chi connectivity index (χ0v) is 15.6. The molecule has 1 aromatic rings. The van der Waals surface area contributed by atoms with Crippen molar-refractivity contribution in [2.75, 3.05) is 25.5 Å². The van der Waals surface area contributed by atoms with Gasteiger partial charge in [0, 0.05) is 26.6 Å². The highest BCUT2D eigenvalue weighted by molar-refractivity contribution is 5.80. The lowest BCUT2D eigenvalue weighted by molar-refractivity contribution is -0.142. The van der Waals surface area contributed by atoms with Crippen molar-refractivity contribution in [3.8, 4) is 0 Å². The zero-order chi connectivity index (χ0) is 17.5. The van der Waals surface area contributed by atoms with E-state index in [-0.39, 0.29) is 12.0 Å². The van der Waals surface area contributed by atoms with Gasteiger partial charge in [0.2, 0.25) is 5.91 Å². The summed E-state index contributed by atoms with van der Waals surface area (Å²) in [5.74, 6) is 2.06. The van der Waals surface area contributed by atoms with E-state index in [1.165, 1.54) is 0 Å². The molecule has 0 spiro atoms. The van der Waals surface area contributed by atoms with Crippen LogP contribution in [0.2, 0.25) is 0 Å². The van der Waals surface area contributed by atoms with Gasteiger partial charge in [-0.2, -0.15) is 5.10 Å². The number of anilines is 1. The van der Waals surface area contributed by atoms with Crippen LogP contribution in [0.25, 0.3) is 0 Å². The van der Waals surface area contributed by atoms with Crippen LogP contribution in [-0.2, 0) is 4.79 Å². The second-order valence-corrected chi connectivity index (χ2v) is 8.63. The quantitative estimate of drug-likeness (QED) is 0.853. The number of aromatic nitrogens is 2. The van der Waals surface area contributed by atoms with Crippen molar-refractivity contribution in [2.24, 2.45) is 17.3 Å². The number of likely N-dealkylation sites (tertiary alicyclic amines) is 1. The summed E-state index contributed by atoms with van der Waals surface area (Å²) in [6, 6.07) is 4.12. The topological polar surface area (TPSA) is 49.3 Å². The fourth-order valence-electron chi connectivity index (χ4n) is 3.85. The number of amides is 1. The van der Waals surface area contributed by atoms with Gasteiger partial charge >= 0.3 is 0 Å². The maximum absolute atomic E-state index is 12.9. The highest BCUT2D eigenvalue weighted by Gasteiger charge is 2.44. The van der Waals surface area contributed by atoms with E-state index < -0.39 is 0 Å². The van der Waals surface area contributed by atoms with Crippen LogP contribution < -0.4 is 4.90 Å². The number of hydrogen-bond donors (Lipinski definition) is 0. The van der Waals surface area contributed by atoms with Crippen molar-refractivity contribution >= 4 is 11.7 Å². The van der Waals surface area contributed by atoms with Gasteiger partial charge < -0.3 is 9.80 Å². The fraction of sp³-hybridized carbons (Fsp3) is 0.737. The molecular formula is C19H30N4O. The van der Waals surface area contributed by atoms with Crippen LogP contribution in [0.5, 0.6) is 0 Å². The Kier molecular flexibility index (Phi) is 4.54. The lowest BCUT2D eigenvalue weighted by Gasteiger charge is -2.44. The fourth-order valence-corrected chi connectivity index (χ4v) is 3.85. The van der Waals surface area contributed by atoms with Gasteiger partial charge in [0.25, 0.3) is 0 Å². The highest BCUT2D eigenvalue weighted by atomic mass is 16.2. The first-order valence-electron chi connectivity index (χ1n) is 9.09. The lowest BCUT2D eigenvalue weighted by atomic mass is 9.62. The minimum Gasteiger partial charge on any atom is -0.361 e.